The Morgan fingerprint density at radius 3 is 2.56 bits per heavy atom. The maximum atomic E-state index is 4.31. The van der Waals surface area contributed by atoms with Crippen molar-refractivity contribution in [2.24, 2.45) is 0 Å². The smallest absolute Gasteiger partial charge is 0.143 e. The zero-order valence-electron chi connectivity index (χ0n) is 11.1. The van der Waals surface area contributed by atoms with Crippen LogP contribution in [-0.2, 0) is 18.3 Å². The Morgan fingerprint density at radius 1 is 1.17 bits per heavy atom. The molecule has 0 bridgehead atoms. The second-order valence-electron chi connectivity index (χ2n) is 4.52. The van der Waals surface area contributed by atoms with Gasteiger partial charge in [0.1, 0.15) is 11.6 Å². The monoisotopic (exact) mass is 307 g/mol. The fourth-order valence-corrected chi connectivity index (χ4v) is 2.54. The minimum Gasteiger partial charge on any atom is -0.314 e. The molecule has 0 aliphatic carbocycles. The van der Waals surface area contributed by atoms with Crippen molar-refractivity contribution in [1.82, 2.24) is 14.8 Å². The van der Waals surface area contributed by atoms with E-state index in [0.29, 0.717) is 0 Å². The van der Waals surface area contributed by atoms with Gasteiger partial charge in [-0.3, -0.25) is 0 Å². The molecule has 0 saturated carbocycles. The molecule has 0 fully saturated rings. The molecule has 0 aliphatic rings. The molecule has 3 nitrogen and oxygen atoms in total. The molecule has 0 N–H and O–H groups in total. The van der Waals surface area contributed by atoms with Crippen LogP contribution in [0.5, 0.6) is 0 Å². The van der Waals surface area contributed by atoms with Gasteiger partial charge in [-0.25, -0.2) is 0 Å². The molecule has 0 radical (unpaired) electrons. The lowest BCUT2D eigenvalue weighted by atomic mass is 10.0. The highest BCUT2D eigenvalue weighted by Crippen LogP contribution is 2.16. The summed E-state index contributed by atoms with van der Waals surface area (Å²) in [6.45, 7) is 7.31. The first-order valence-corrected chi connectivity index (χ1v) is 7.31. The molecule has 1 aromatic carbocycles. The first-order chi connectivity index (χ1) is 8.65. The number of alkyl halides is 1. The Bertz CT molecular complexity index is 546. The third-order valence-corrected chi connectivity index (χ3v) is 3.69. The summed E-state index contributed by atoms with van der Waals surface area (Å²) in [5, 5.41) is 9.28. The van der Waals surface area contributed by atoms with Crippen LogP contribution in [0, 0.1) is 13.8 Å². The van der Waals surface area contributed by atoms with E-state index in [1.165, 1.54) is 16.7 Å². The van der Waals surface area contributed by atoms with Gasteiger partial charge >= 0.3 is 0 Å². The number of halogens is 1. The van der Waals surface area contributed by atoms with Crippen LogP contribution in [0.25, 0.3) is 0 Å². The summed E-state index contributed by atoms with van der Waals surface area (Å²) in [4.78, 5) is 0. The number of aryl methyl sites for hydroxylation is 2. The van der Waals surface area contributed by atoms with Crippen LogP contribution in [-0.4, -0.2) is 14.8 Å². The molecule has 2 rings (SSSR count). The second kappa shape index (κ2) is 5.65. The molecular formula is C14H18BrN3. The highest BCUT2D eigenvalue weighted by atomic mass is 79.9. The van der Waals surface area contributed by atoms with Gasteiger partial charge in [-0.2, -0.15) is 0 Å². The summed E-state index contributed by atoms with van der Waals surface area (Å²) < 4.78 is 2.18. The van der Waals surface area contributed by atoms with E-state index in [1.807, 2.05) is 0 Å². The minimum absolute atomic E-state index is 0.751. The standard InChI is InChI=1S/C14H18BrN3/c1-4-18-13(16-17-14(18)9-15)8-12-7-10(2)5-6-11(12)3/h5-7H,4,8-9H2,1-3H3. The van der Waals surface area contributed by atoms with Crippen molar-refractivity contribution in [3.8, 4) is 0 Å². The SMILES string of the molecule is CCn1c(CBr)nnc1Cc1cc(C)ccc1C. The fraction of sp³-hybridized carbons (Fsp3) is 0.429. The summed E-state index contributed by atoms with van der Waals surface area (Å²) in [5.74, 6) is 2.04. The third-order valence-electron chi connectivity index (χ3n) is 3.19. The molecule has 0 unspecified atom stereocenters. The second-order valence-corrected chi connectivity index (χ2v) is 5.08. The average Bonchev–Trinajstić information content (AvgIpc) is 2.75. The number of rotatable bonds is 4. The van der Waals surface area contributed by atoms with E-state index in [2.05, 4.69) is 69.7 Å². The Morgan fingerprint density at radius 2 is 1.89 bits per heavy atom. The van der Waals surface area contributed by atoms with E-state index in [9.17, 15) is 0 Å². The maximum Gasteiger partial charge on any atom is 0.143 e. The highest BCUT2D eigenvalue weighted by molar-refractivity contribution is 9.08. The predicted octanol–water partition coefficient (Wildman–Crippen LogP) is 3.40. The van der Waals surface area contributed by atoms with Crippen LogP contribution in [0.15, 0.2) is 18.2 Å². The van der Waals surface area contributed by atoms with Gasteiger partial charge in [0.2, 0.25) is 0 Å². The molecule has 1 aromatic heterocycles. The van der Waals surface area contributed by atoms with Gasteiger partial charge in [-0.15, -0.1) is 10.2 Å². The number of hydrogen-bond acceptors (Lipinski definition) is 2. The summed E-state index contributed by atoms with van der Waals surface area (Å²) in [6.07, 6.45) is 0.849. The Kier molecular flexibility index (Phi) is 4.17. The van der Waals surface area contributed by atoms with Gasteiger partial charge < -0.3 is 4.57 Å². The number of hydrogen-bond donors (Lipinski definition) is 0. The molecule has 0 aliphatic heterocycles. The lowest BCUT2D eigenvalue weighted by Crippen LogP contribution is -2.06. The number of benzene rings is 1. The normalized spacial score (nSPS) is 10.9. The fourth-order valence-electron chi connectivity index (χ4n) is 2.13. The van der Waals surface area contributed by atoms with E-state index < -0.39 is 0 Å². The first-order valence-electron chi connectivity index (χ1n) is 6.18. The number of aromatic nitrogens is 3. The third kappa shape index (κ3) is 2.64. The Balaban J connectivity index is 2.33. The van der Waals surface area contributed by atoms with Crippen molar-refractivity contribution in [3.63, 3.8) is 0 Å². The van der Waals surface area contributed by atoms with Gasteiger partial charge in [0.25, 0.3) is 0 Å². The van der Waals surface area contributed by atoms with Crippen LogP contribution in [0.1, 0.15) is 35.3 Å². The largest absolute Gasteiger partial charge is 0.314 e. The summed E-state index contributed by atoms with van der Waals surface area (Å²) in [7, 11) is 0. The predicted molar refractivity (Wildman–Crippen MR) is 77.0 cm³/mol. The van der Waals surface area contributed by atoms with Crippen molar-refractivity contribution in [1.29, 1.82) is 0 Å². The van der Waals surface area contributed by atoms with Gasteiger partial charge in [0, 0.05) is 13.0 Å². The minimum atomic E-state index is 0.751. The molecule has 2 aromatic rings. The first kappa shape index (κ1) is 13.3. The van der Waals surface area contributed by atoms with Crippen LogP contribution < -0.4 is 0 Å². The van der Waals surface area contributed by atoms with Gasteiger partial charge in [0.05, 0.1) is 5.33 Å². The molecule has 0 amide bonds. The Hall–Kier alpha value is -1.16. The van der Waals surface area contributed by atoms with Crippen molar-refractivity contribution >= 4 is 15.9 Å². The molecule has 4 heteroatoms. The maximum absolute atomic E-state index is 4.31. The molecule has 18 heavy (non-hydrogen) atoms. The van der Waals surface area contributed by atoms with Gasteiger partial charge in [0.15, 0.2) is 0 Å². The molecular weight excluding hydrogens is 290 g/mol. The van der Waals surface area contributed by atoms with Crippen molar-refractivity contribution in [2.45, 2.75) is 39.1 Å². The molecule has 96 valence electrons. The van der Waals surface area contributed by atoms with E-state index in [1.54, 1.807) is 0 Å². The lowest BCUT2D eigenvalue weighted by molar-refractivity contribution is 0.688. The van der Waals surface area contributed by atoms with E-state index in [0.717, 1.165) is 29.9 Å². The highest BCUT2D eigenvalue weighted by Gasteiger charge is 2.11. The van der Waals surface area contributed by atoms with Crippen LogP contribution in [0.2, 0.25) is 0 Å². The average molecular weight is 308 g/mol. The molecule has 0 spiro atoms. The summed E-state index contributed by atoms with van der Waals surface area (Å²) >= 11 is 3.45. The quantitative estimate of drug-likeness (QED) is 0.811. The van der Waals surface area contributed by atoms with E-state index in [4.69, 9.17) is 0 Å². The zero-order chi connectivity index (χ0) is 13.1. The van der Waals surface area contributed by atoms with Crippen molar-refractivity contribution in [2.75, 3.05) is 0 Å². The van der Waals surface area contributed by atoms with Gasteiger partial charge in [-0.1, -0.05) is 39.7 Å². The molecule has 0 saturated heterocycles. The Labute approximate surface area is 116 Å². The van der Waals surface area contributed by atoms with Crippen molar-refractivity contribution in [3.05, 3.63) is 46.5 Å². The molecule has 0 atom stereocenters. The lowest BCUT2D eigenvalue weighted by Gasteiger charge is -2.09. The topological polar surface area (TPSA) is 30.7 Å². The van der Waals surface area contributed by atoms with Crippen molar-refractivity contribution < 1.29 is 0 Å². The summed E-state index contributed by atoms with van der Waals surface area (Å²) in [6, 6.07) is 6.55. The van der Waals surface area contributed by atoms with Crippen LogP contribution >= 0.6 is 15.9 Å². The molecule has 1 heterocycles. The zero-order valence-corrected chi connectivity index (χ0v) is 12.7. The van der Waals surface area contributed by atoms with Crippen LogP contribution in [0.3, 0.4) is 0 Å². The van der Waals surface area contributed by atoms with Crippen LogP contribution in [0.4, 0.5) is 0 Å². The van der Waals surface area contributed by atoms with E-state index in [-0.39, 0.29) is 0 Å². The number of nitrogens with zero attached hydrogens (tertiary/aromatic N) is 3. The summed E-state index contributed by atoms with van der Waals surface area (Å²) in [5.41, 5.74) is 3.93. The van der Waals surface area contributed by atoms with E-state index >= 15 is 0 Å². The van der Waals surface area contributed by atoms with Gasteiger partial charge in [-0.05, 0) is 31.9 Å².